The Morgan fingerprint density at radius 1 is 1.44 bits per heavy atom. The fourth-order valence-electron chi connectivity index (χ4n) is 1.85. The first-order valence-electron chi connectivity index (χ1n) is 5.91. The van der Waals surface area contributed by atoms with E-state index in [1.54, 1.807) is 0 Å². The second kappa shape index (κ2) is 6.97. The van der Waals surface area contributed by atoms with E-state index in [-0.39, 0.29) is 11.9 Å². The number of alkyl halides is 1. The van der Waals surface area contributed by atoms with Crippen molar-refractivity contribution in [1.82, 2.24) is 0 Å². The monoisotopic (exact) mass is 312 g/mol. The molecule has 1 rings (SSSR count). The topological polar surface area (TPSA) is 43.4 Å². The summed E-state index contributed by atoms with van der Waals surface area (Å²) in [6.45, 7) is 2.82. The lowest BCUT2D eigenvalue weighted by molar-refractivity contribution is 0.127. The van der Waals surface area contributed by atoms with Crippen molar-refractivity contribution in [1.29, 1.82) is 0 Å². The van der Waals surface area contributed by atoms with Crippen LogP contribution in [0.5, 0.6) is 0 Å². The van der Waals surface area contributed by atoms with E-state index in [1.807, 2.05) is 0 Å². The van der Waals surface area contributed by atoms with Crippen molar-refractivity contribution in [2.24, 2.45) is 5.92 Å². The van der Waals surface area contributed by atoms with Crippen molar-refractivity contribution in [3.8, 4) is 0 Å². The van der Waals surface area contributed by atoms with Crippen molar-refractivity contribution in [2.45, 2.75) is 38.7 Å². The summed E-state index contributed by atoms with van der Waals surface area (Å²) in [5.74, 6) is 0.994. The van der Waals surface area contributed by atoms with Crippen molar-refractivity contribution < 1.29 is 13.2 Å². The lowest BCUT2D eigenvalue weighted by Gasteiger charge is -2.12. The molecule has 5 heteroatoms. The van der Waals surface area contributed by atoms with Gasteiger partial charge >= 0.3 is 0 Å². The highest BCUT2D eigenvalue weighted by atomic mass is 79.9. The maximum Gasteiger partial charge on any atom is 0.152 e. The summed E-state index contributed by atoms with van der Waals surface area (Å²) < 4.78 is 29.0. The van der Waals surface area contributed by atoms with E-state index in [4.69, 9.17) is 4.74 Å². The molecule has 0 aromatic carbocycles. The van der Waals surface area contributed by atoms with Crippen molar-refractivity contribution in [3.05, 3.63) is 0 Å². The predicted molar refractivity (Wildman–Crippen MR) is 69.8 cm³/mol. The quantitative estimate of drug-likeness (QED) is 0.678. The maximum atomic E-state index is 11.8. The summed E-state index contributed by atoms with van der Waals surface area (Å²) in [6, 6.07) is 0. The van der Waals surface area contributed by atoms with Crippen molar-refractivity contribution >= 4 is 25.8 Å². The Balaban J connectivity index is 2.27. The molecule has 0 bridgehead atoms. The minimum atomic E-state index is -2.92. The molecular weight excluding hydrogens is 292 g/mol. The third-order valence-corrected chi connectivity index (χ3v) is 5.18. The van der Waals surface area contributed by atoms with Crippen LogP contribution in [0.4, 0.5) is 0 Å². The molecule has 16 heavy (non-hydrogen) atoms. The molecule has 0 radical (unpaired) electrons. The molecule has 0 saturated carbocycles. The highest BCUT2D eigenvalue weighted by Crippen LogP contribution is 2.16. The van der Waals surface area contributed by atoms with Gasteiger partial charge in [0.1, 0.15) is 0 Å². The number of hydrogen-bond donors (Lipinski definition) is 0. The third kappa shape index (κ3) is 5.64. The number of sulfone groups is 1. The van der Waals surface area contributed by atoms with Gasteiger partial charge < -0.3 is 4.74 Å². The average Bonchev–Trinajstić information content (AvgIpc) is 2.67. The molecule has 2 unspecified atom stereocenters. The minimum absolute atomic E-state index is 0.0449. The zero-order valence-electron chi connectivity index (χ0n) is 9.82. The second-order valence-corrected chi connectivity index (χ2v) is 7.64. The van der Waals surface area contributed by atoms with Gasteiger partial charge in [0, 0.05) is 11.9 Å². The maximum absolute atomic E-state index is 11.8. The largest absolute Gasteiger partial charge is 0.377 e. The van der Waals surface area contributed by atoms with Crippen LogP contribution in [0.15, 0.2) is 0 Å². The molecule has 0 aromatic heterocycles. The zero-order valence-corrected chi connectivity index (χ0v) is 12.2. The Morgan fingerprint density at radius 2 is 2.19 bits per heavy atom. The Bertz CT molecular complexity index is 284. The summed E-state index contributed by atoms with van der Waals surface area (Å²) in [7, 11) is -2.92. The van der Waals surface area contributed by atoms with Crippen LogP contribution in [0.25, 0.3) is 0 Å². The third-order valence-electron chi connectivity index (χ3n) is 2.99. The van der Waals surface area contributed by atoms with Crippen LogP contribution in [0.3, 0.4) is 0 Å². The summed E-state index contributed by atoms with van der Waals surface area (Å²) >= 11 is 3.37. The fourth-order valence-corrected chi connectivity index (χ4v) is 4.39. The van der Waals surface area contributed by atoms with E-state index in [1.165, 1.54) is 0 Å². The molecule has 1 aliphatic heterocycles. The van der Waals surface area contributed by atoms with Crippen LogP contribution in [-0.2, 0) is 14.6 Å². The molecule has 0 aliphatic carbocycles. The van der Waals surface area contributed by atoms with E-state index < -0.39 is 9.84 Å². The molecule has 0 amide bonds. The molecule has 1 fully saturated rings. The molecule has 1 aliphatic rings. The number of rotatable bonds is 7. The van der Waals surface area contributed by atoms with Gasteiger partial charge in [-0.1, -0.05) is 22.9 Å². The van der Waals surface area contributed by atoms with Gasteiger partial charge in [0.2, 0.25) is 0 Å². The molecule has 0 spiro atoms. The first-order valence-corrected chi connectivity index (χ1v) is 8.86. The normalized spacial score (nSPS) is 23.5. The highest BCUT2D eigenvalue weighted by Gasteiger charge is 2.23. The van der Waals surface area contributed by atoms with Crippen LogP contribution in [0.2, 0.25) is 0 Å². The molecule has 1 saturated heterocycles. The van der Waals surface area contributed by atoms with E-state index in [2.05, 4.69) is 22.9 Å². The molecule has 2 atom stereocenters. The highest BCUT2D eigenvalue weighted by molar-refractivity contribution is 9.09. The second-order valence-electron chi connectivity index (χ2n) is 4.62. The van der Waals surface area contributed by atoms with Crippen molar-refractivity contribution in [2.75, 3.05) is 23.4 Å². The molecular formula is C11H21BrO3S. The van der Waals surface area contributed by atoms with Crippen LogP contribution in [-0.4, -0.2) is 38.0 Å². The first-order chi connectivity index (χ1) is 7.53. The van der Waals surface area contributed by atoms with Gasteiger partial charge in [0.15, 0.2) is 9.84 Å². The van der Waals surface area contributed by atoms with Gasteiger partial charge in [0.25, 0.3) is 0 Å². The number of ether oxygens (including phenoxy) is 1. The average molecular weight is 313 g/mol. The summed E-state index contributed by atoms with van der Waals surface area (Å²) in [5, 5.41) is 0.944. The Kier molecular flexibility index (Phi) is 6.29. The predicted octanol–water partition coefficient (Wildman–Crippen LogP) is 2.39. The summed E-state index contributed by atoms with van der Waals surface area (Å²) in [5.41, 5.74) is 0. The fraction of sp³-hybridized carbons (Fsp3) is 1.00. The van der Waals surface area contributed by atoms with Gasteiger partial charge in [0.05, 0.1) is 17.6 Å². The van der Waals surface area contributed by atoms with E-state index in [0.717, 1.165) is 37.6 Å². The van der Waals surface area contributed by atoms with Crippen LogP contribution in [0.1, 0.15) is 32.6 Å². The smallest absolute Gasteiger partial charge is 0.152 e. The molecule has 0 N–H and O–H groups in total. The number of halogens is 1. The minimum Gasteiger partial charge on any atom is -0.377 e. The molecule has 3 nitrogen and oxygen atoms in total. The molecule has 96 valence electrons. The van der Waals surface area contributed by atoms with E-state index in [9.17, 15) is 8.42 Å². The number of hydrogen-bond acceptors (Lipinski definition) is 3. The summed E-state index contributed by atoms with van der Waals surface area (Å²) in [6.07, 6.45) is 3.66. The first kappa shape index (κ1) is 14.5. The van der Waals surface area contributed by atoms with Gasteiger partial charge in [-0.05, 0) is 31.6 Å². The van der Waals surface area contributed by atoms with Crippen LogP contribution >= 0.6 is 15.9 Å². The standard InChI is InChI=1S/C11H21BrO3S/c1-10(4-6-12)5-8-16(13,14)9-11-3-2-7-15-11/h10-11H,2-9H2,1H3. The van der Waals surface area contributed by atoms with Gasteiger partial charge in [-0.2, -0.15) is 0 Å². The molecule has 1 heterocycles. The Hall–Kier alpha value is 0.390. The molecule has 0 aromatic rings. The lowest BCUT2D eigenvalue weighted by atomic mass is 10.1. The van der Waals surface area contributed by atoms with Crippen molar-refractivity contribution in [3.63, 3.8) is 0 Å². The Morgan fingerprint density at radius 3 is 2.75 bits per heavy atom. The van der Waals surface area contributed by atoms with Gasteiger partial charge in [-0.15, -0.1) is 0 Å². The van der Waals surface area contributed by atoms with Crippen LogP contribution < -0.4 is 0 Å². The lowest BCUT2D eigenvalue weighted by Crippen LogP contribution is -2.23. The SMILES string of the molecule is CC(CCBr)CCS(=O)(=O)CC1CCCO1. The Labute approximate surface area is 107 Å². The van der Waals surface area contributed by atoms with E-state index in [0.29, 0.717) is 11.7 Å². The van der Waals surface area contributed by atoms with Gasteiger partial charge in [-0.3, -0.25) is 0 Å². The zero-order chi connectivity index (χ0) is 12.0. The van der Waals surface area contributed by atoms with Crippen LogP contribution in [0, 0.1) is 5.92 Å². The summed E-state index contributed by atoms with van der Waals surface area (Å²) in [4.78, 5) is 0. The van der Waals surface area contributed by atoms with E-state index >= 15 is 0 Å². The van der Waals surface area contributed by atoms with Gasteiger partial charge in [-0.25, -0.2) is 8.42 Å².